The summed E-state index contributed by atoms with van der Waals surface area (Å²) in [4.78, 5) is 16.8. The number of nitrogens with zero attached hydrogens (tertiary/aromatic N) is 1. The molecule has 0 saturated carbocycles. The molecule has 104 valence electrons. The SMILES string of the molecule is CC(C(=O)Cc1nc(-c2ccccc2)cs1)C1CNC1. The van der Waals surface area contributed by atoms with Crippen molar-refractivity contribution >= 4 is 17.1 Å². The highest BCUT2D eigenvalue weighted by atomic mass is 32.1. The smallest absolute Gasteiger partial charge is 0.142 e. The Hall–Kier alpha value is -1.52. The van der Waals surface area contributed by atoms with E-state index in [4.69, 9.17) is 0 Å². The molecule has 0 aliphatic carbocycles. The van der Waals surface area contributed by atoms with Crippen molar-refractivity contribution in [2.75, 3.05) is 13.1 Å². The van der Waals surface area contributed by atoms with Gasteiger partial charge in [0, 0.05) is 16.9 Å². The van der Waals surface area contributed by atoms with E-state index in [0.717, 1.165) is 29.4 Å². The van der Waals surface area contributed by atoms with Gasteiger partial charge >= 0.3 is 0 Å². The van der Waals surface area contributed by atoms with Crippen LogP contribution >= 0.6 is 11.3 Å². The highest BCUT2D eigenvalue weighted by molar-refractivity contribution is 7.10. The number of rotatable bonds is 5. The van der Waals surface area contributed by atoms with E-state index in [-0.39, 0.29) is 5.92 Å². The molecule has 1 aromatic heterocycles. The van der Waals surface area contributed by atoms with Crippen LogP contribution in [-0.4, -0.2) is 23.9 Å². The minimum Gasteiger partial charge on any atom is -0.316 e. The molecule has 1 aromatic carbocycles. The zero-order chi connectivity index (χ0) is 13.9. The minimum atomic E-state index is 0.139. The van der Waals surface area contributed by atoms with Gasteiger partial charge in [-0.1, -0.05) is 37.3 Å². The number of thiazole rings is 1. The monoisotopic (exact) mass is 286 g/mol. The van der Waals surface area contributed by atoms with Crippen molar-refractivity contribution in [3.8, 4) is 11.3 Å². The van der Waals surface area contributed by atoms with E-state index >= 15 is 0 Å². The van der Waals surface area contributed by atoms with Crippen LogP contribution in [0.1, 0.15) is 11.9 Å². The van der Waals surface area contributed by atoms with Crippen molar-refractivity contribution < 1.29 is 4.79 Å². The first kappa shape index (κ1) is 13.5. The lowest BCUT2D eigenvalue weighted by atomic mass is 9.85. The Morgan fingerprint density at radius 3 is 2.80 bits per heavy atom. The van der Waals surface area contributed by atoms with E-state index in [9.17, 15) is 4.79 Å². The van der Waals surface area contributed by atoms with E-state index in [0.29, 0.717) is 18.1 Å². The van der Waals surface area contributed by atoms with Gasteiger partial charge in [0.05, 0.1) is 12.1 Å². The fourth-order valence-corrected chi connectivity index (χ4v) is 3.18. The molecule has 1 fully saturated rings. The van der Waals surface area contributed by atoms with Crippen molar-refractivity contribution in [3.05, 3.63) is 40.7 Å². The number of hydrogen-bond acceptors (Lipinski definition) is 4. The third-order valence-electron chi connectivity index (χ3n) is 3.97. The Morgan fingerprint density at radius 1 is 1.40 bits per heavy atom. The molecule has 3 nitrogen and oxygen atoms in total. The summed E-state index contributed by atoms with van der Waals surface area (Å²) < 4.78 is 0. The lowest BCUT2D eigenvalue weighted by Gasteiger charge is -2.31. The molecule has 0 spiro atoms. The van der Waals surface area contributed by atoms with Gasteiger partial charge in [-0.3, -0.25) is 4.79 Å². The molecule has 4 heteroatoms. The molecule has 1 aliphatic rings. The molecular weight excluding hydrogens is 268 g/mol. The Labute approximate surface area is 123 Å². The normalized spacial score (nSPS) is 16.6. The Bertz CT molecular complexity index is 590. The molecule has 1 aliphatic heterocycles. The van der Waals surface area contributed by atoms with E-state index in [1.807, 2.05) is 42.6 Å². The summed E-state index contributed by atoms with van der Waals surface area (Å²) in [6, 6.07) is 10.1. The molecule has 1 atom stereocenters. The zero-order valence-electron chi connectivity index (χ0n) is 11.5. The van der Waals surface area contributed by atoms with Crippen LogP contribution in [0, 0.1) is 11.8 Å². The van der Waals surface area contributed by atoms with Gasteiger partial charge in [-0.05, 0) is 19.0 Å². The molecule has 1 saturated heterocycles. The number of hydrogen-bond donors (Lipinski definition) is 1. The van der Waals surface area contributed by atoms with Gasteiger partial charge in [0.15, 0.2) is 0 Å². The van der Waals surface area contributed by atoms with E-state index in [1.54, 1.807) is 11.3 Å². The molecule has 1 N–H and O–H groups in total. The average Bonchev–Trinajstić information content (AvgIpc) is 2.86. The maximum atomic E-state index is 12.2. The summed E-state index contributed by atoms with van der Waals surface area (Å²) >= 11 is 1.58. The lowest BCUT2D eigenvalue weighted by Crippen LogP contribution is -2.47. The molecule has 3 rings (SSSR count). The van der Waals surface area contributed by atoms with Gasteiger partial charge in [-0.2, -0.15) is 0 Å². The number of aromatic nitrogens is 1. The van der Waals surface area contributed by atoms with Crippen LogP contribution in [0.4, 0.5) is 0 Å². The van der Waals surface area contributed by atoms with Gasteiger partial charge in [0.1, 0.15) is 10.8 Å². The first-order valence-electron chi connectivity index (χ1n) is 6.97. The number of carbonyl (C=O) groups is 1. The third kappa shape index (κ3) is 2.81. The second-order valence-corrected chi connectivity index (χ2v) is 6.29. The molecule has 2 heterocycles. The summed E-state index contributed by atoms with van der Waals surface area (Å²) in [5, 5.41) is 6.18. The van der Waals surface area contributed by atoms with Gasteiger partial charge < -0.3 is 5.32 Å². The molecule has 20 heavy (non-hydrogen) atoms. The highest BCUT2D eigenvalue weighted by Gasteiger charge is 2.28. The summed E-state index contributed by atoms with van der Waals surface area (Å²) in [6.45, 7) is 3.99. The summed E-state index contributed by atoms with van der Waals surface area (Å²) in [7, 11) is 0. The van der Waals surface area contributed by atoms with Crippen LogP contribution in [0.5, 0.6) is 0 Å². The maximum Gasteiger partial charge on any atom is 0.142 e. The molecule has 0 bridgehead atoms. The highest BCUT2D eigenvalue weighted by Crippen LogP contribution is 2.24. The summed E-state index contributed by atoms with van der Waals surface area (Å²) in [5.41, 5.74) is 2.08. The van der Waals surface area contributed by atoms with Crippen LogP contribution < -0.4 is 5.32 Å². The van der Waals surface area contributed by atoms with Crippen LogP contribution in [-0.2, 0) is 11.2 Å². The van der Waals surface area contributed by atoms with Crippen LogP contribution in [0.25, 0.3) is 11.3 Å². The standard InChI is InChI=1S/C16H18N2OS/c1-11(13-8-17-9-13)15(19)7-16-18-14(10-20-16)12-5-3-2-4-6-12/h2-6,10-11,13,17H,7-9H2,1H3. The fraction of sp³-hybridized carbons (Fsp3) is 0.375. The maximum absolute atomic E-state index is 12.2. The molecule has 1 unspecified atom stereocenters. The van der Waals surface area contributed by atoms with Crippen LogP contribution in [0.2, 0.25) is 0 Å². The van der Waals surface area contributed by atoms with Gasteiger partial charge in [0.2, 0.25) is 0 Å². The van der Waals surface area contributed by atoms with Crippen molar-refractivity contribution in [3.63, 3.8) is 0 Å². The number of nitrogens with one attached hydrogen (secondary N) is 1. The number of ketones is 1. The Kier molecular flexibility index (Phi) is 3.94. The zero-order valence-corrected chi connectivity index (χ0v) is 12.3. The second kappa shape index (κ2) is 5.85. The molecule has 2 aromatic rings. The van der Waals surface area contributed by atoms with Crippen molar-refractivity contribution in [2.45, 2.75) is 13.3 Å². The van der Waals surface area contributed by atoms with Gasteiger partial charge in [0.25, 0.3) is 0 Å². The topological polar surface area (TPSA) is 42.0 Å². The Balaban J connectivity index is 1.66. The van der Waals surface area contributed by atoms with Crippen molar-refractivity contribution in [1.82, 2.24) is 10.3 Å². The van der Waals surface area contributed by atoms with Crippen molar-refractivity contribution in [2.24, 2.45) is 11.8 Å². The summed E-state index contributed by atoms with van der Waals surface area (Å²) in [6.07, 6.45) is 0.467. The van der Waals surface area contributed by atoms with Gasteiger partial charge in [-0.15, -0.1) is 11.3 Å². The van der Waals surface area contributed by atoms with E-state index < -0.39 is 0 Å². The first-order chi connectivity index (χ1) is 9.74. The average molecular weight is 286 g/mol. The van der Waals surface area contributed by atoms with E-state index in [2.05, 4.69) is 10.3 Å². The van der Waals surface area contributed by atoms with Crippen molar-refractivity contribution in [1.29, 1.82) is 0 Å². The molecular formula is C16H18N2OS. The summed E-state index contributed by atoms with van der Waals surface area (Å²) in [5.74, 6) is 0.960. The molecule has 0 amide bonds. The minimum absolute atomic E-state index is 0.139. The number of Topliss-reactive ketones (excluding diaryl/α,β-unsaturated/α-hetero) is 1. The predicted molar refractivity (Wildman–Crippen MR) is 81.8 cm³/mol. The van der Waals surface area contributed by atoms with Gasteiger partial charge in [-0.25, -0.2) is 4.98 Å². The Morgan fingerprint density at radius 2 is 2.15 bits per heavy atom. The number of benzene rings is 1. The number of carbonyl (C=O) groups excluding carboxylic acids is 1. The quantitative estimate of drug-likeness (QED) is 0.919. The van der Waals surface area contributed by atoms with Crippen LogP contribution in [0.3, 0.4) is 0 Å². The first-order valence-corrected chi connectivity index (χ1v) is 7.85. The van der Waals surface area contributed by atoms with Crippen LogP contribution in [0.15, 0.2) is 35.7 Å². The van der Waals surface area contributed by atoms with E-state index in [1.165, 1.54) is 0 Å². The largest absolute Gasteiger partial charge is 0.316 e. The second-order valence-electron chi connectivity index (χ2n) is 5.34. The fourth-order valence-electron chi connectivity index (χ4n) is 2.37. The predicted octanol–water partition coefficient (Wildman–Crippen LogP) is 2.78. The molecule has 0 radical (unpaired) electrons. The third-order valence-corrected chi connectivity index (χ3v) is 4.82. The lowest BCUT2D eigenvalue weighted by molar-refractivity contribution is -0.123.